The first-order chi connectivity index (χ1) is 9.15. The van der Waals surface area contributed by atoms with Crippen LogP contribution in [0.2, 0.25) is 0 Å². The first kappa shape index (κ1) is 16.4. The highest BCUT2D eigenvalue weighted by Crippen LogP contribution is 2.20. The fraction of sp³-hybridized carbons (Fsp3) is 0.364. The summed E-state index contributed by atoms with van der Waals surface area (Å²) in [5.74, 6) is -0.660. The van der Waals surface area contributed by atoms with Gasteiger partial charge in [0, 0.05) is 0 Å². The molecule has 0 radical (unpaired) electrons. The van der Waals surface area contributed by atoms with Gasteiger partial charge >= 0.3 is 12.1 Å². The van der Waals surface area contributed by atoms with Gasteiger partial charge < -0.3 is 4.74 Å². The van der Waals surface area contributed by atoms with Crippen molar-refractivity contribution in [1.82, 2.24) is 0 Å². The van der Waals surface area contributed by atoms with Crippen molar-refractivity contribution in [3.8, 4) is 0 Å². The lowest BCUT2D eigenvalue weighted by atomic mass is 10.2. The summed E-state index contributed by atoms with van der Waals surface area (Å²) in [6.45, 7) is -0.162. The fourth-order valence-electron chi connectivity index (χ4n) is 1.18. The van der Waals surface area contributed by atoms with Gasteiger partial charge in [-0.15, -0.1) is 0 Å². The molecule has 0 fully saturated rings. The van der Waals surface area contributed by atoms with Crippen LogP contribution in [0.15, 0.2) is 29.2 Å². The zero-order chi connectivity index (χ0) is 15.4. The van der Waals surface area contributed by atoms with Crippen LogP contribution < -0.4 is 0 Å². The van der Waals surface area contributed by atoms with E-state index in [1.807, 2.05) is 0 Å². The molecule has 0 aliphatic carbocycles. The summed E-state index contributed by atoms with van der Waals surface area (Å²) in [6, 6.07) is 4.19. The Bertz CT molecular complexity index is 563. The summed E-state index contributed by atoms with van der Waals surface area (Å²) in [7, 11) is -4.52. The smallest absolute Gasteiger partial charge is 0.413 e. The number of halogens is 3. The molecule has 0 spiro atoms. The van der Waals surface area contributed by atoms with Crippen molar-refractivity contribution in [3.63, 3.8) is 0 Å². The average Bonchev–Trinajstić information content (AvgIpc) is 2.36. The second kappa shape index (κ2) is 6.23. The molecule has 5 nitrogen and oxygen atoms in total. The summed E-state index contributed by atoms with van der Waals surface area (Å²) in [4.78, 5) is 10.8. The number of benzene rings is 1. The molecule has 0 bridgehead atoms. The van der Waals surface area contributed by atoms with Crippen molar-refractivity contribution in [2.75, 3.05) is 13.2 Å². The minimum Gasteiger partial charge on any atom is -0.462 e. The number of hydrogen-bond donors (Lipinski definition) is 0. The monoisotopic (exact) mass is 312 g/mol. The maximum absolute atomic E-state index is 11.9. The molecule has 0 amide bonds. The molecular weight excluding hydrogens is 301 g/mol. The van der Waals surface area contributed by atoms with Gasteiger partial charge in [-0.05, 0) is 31.2 Å². The van der Waals surface area contributed by atoms with Crippen LogP contribution in [0.4, 0.5) is 13.2 Å². The Balaban J connectivity index is 2.84. The number of carbonyl (C=O) groups excluding carboxylic acids is 1. The number of esters is 1. The molecule has 0 saturated heterocycles. The zero-order valence-corrected chi connectivity index (χ0v) is 11.1. The van der Waals surface area contributed by atoms with Crippen LogP contribution in [0.3, 0.4) is 0 Å². The average molecular weight is 312 g/mol. The van der Waals surface area contributed by atoms with Crippen LogP contribution >= 0.6 is 0 Å². The molecule has 0 aliphatic heterocycles. The van der Waals surface area contributed by atoms with E-state index in [1.165, 1.54) is 0 Å². The predicted molar refractivity (Wildman–Crippen MR) is 61.6 cm³/mol. The SMILES string of the molecule is CCOC(=O)c1ccc(S(=O)(=O)OCC(F)(F)F)cc1. The summed E-state index contributed by atoms with van der Waals surface area (Å²) in [5, 5.41) is 0. The van der Waals surface area contributed by atoms with Crippen LogP contribution in [-0.2, 0) is 19.0 Å². The van der Waals surface area contributed by atoms with Gasteiger partial charge in [-0.2, -0.15) is 21.6 Å². The number of alkyl halides is 3. The lowest BCUT2D eigenvalue weighted by Gasteiger charge is -2.08. The second-order valence-corrected chi connectivity index (χ2v) is 5.19. The quantitative estimate of drug-likeness (QED) is 0.615. The fourth-order valence-corrected chi connectivity index (χ4v) is 2.08. The Morgan fingerprint density at radius 2 is 1.75 bits per heavy atom. The molecule has 112 valence electrons. The summed E-state index contributed by atoms with van der Waals surface area (Å²) < 4.78 is 67.1. The van der Waals surface area contributed by atoms with Gasteiger partial charge in [0.15, 0.2) is 6.61 Å². The lowest BCUT2D eigenvalue weighted by Crippen LogP contribution is -2.20. The second-order valence-electron chi connectivity index (χ2n) is 3.58. The Labute approximate surface area is 113 Å². The molecule has 20 heavy (non-hydrogen) atoms. The molecule has 0 heterocycles. The van der Waals surface area contributed by atoms with E-state index in [9.17, 15) is 26.4 Å². The van der Waals surface area contributed by atoms with E-state index in [-0.39, 0.29) is 12.2 Å². The molecule has 0 atom stereocenters. The molecule has 1 aromatic rings. The Hall–Kier alpha value is -1.61. The molecule has 9 heteroatoms. The van der Waals surface area contributed by atoms with Gasteiger partial charge in [0.2, 0.25) is 0 Å². The highest BCUT2D eigenvalue weighted by Gasteiger charge is 2.31. The number of carbonyl (C=O) groups is 1. The van der Waals surface area contributed by atoms with E-state index in [2.05, 4.69) is 8.92 Å². The largest absolute Gasteiger partial charge is 0.462 e. The third-order valence-corrected chi connectivity index (χ3v) is 3.31. The van der Waals surface area contributed by atoms with Crippen molar-refractivity contribution < 1.29 is 35.3 Å². The van der Waals surface area contributed by atoms with E-state index in [1.54, 1.807) is 6.92 Å². The van der Waals surface area contributed by atoms with Gasteiger partial charge in [0.05, 0.1) is 17.1 Å². The predicted octanol–water partition coefficient (Wildman–Crippen LogP) is 2.13. The molecule has 1 aromatic carbocycles. The maximum Gasteiger partial charge on any atom is 0.413 e. The first-order valence-electron chi connectivity index (χ1n) is 5.39. The Kier molecular flexibility index (Phi) is 5.12. The van der Waals surface area contributed by atoms with Crippen molar-refractivity contribution in [3.05, 3.63) is 29.8 Å². The molecule has 0 saturated carbocycles. The molecule has 0 N–H and O–H groups in total. The van der Waals surface area contributed by atoms with Gasteiger partial charge in [0.1, 0.15) is 0 Å². The van der Waals surface area contributed by atoms with E-state index in [0.29, 0.717) is 0 Å². The minimum absolute atomic E-state index is 0.0848. The van der Waals surface area contributed by atoms with Crippen molar-refractivity contribution in [2.45, 2.75) is 18.0 Å². The molecule has 0 aliphatic rings. The summed E-state index contributed by atoms with van der Waals surface area (Å²) in [6.07, 6.45) is -4.75. The van der Waals surface area contributed by atoms with E-state index >= 15 is 0 Å². The Morgan fingerprint density at radius 1 is 1.20 bits per heavy atom. The summed E-state index contributed by atoms with van der Waals surface area (Å²) >= 11 is 0. The van der Waals surface area contributed by atoms with Gasteiger partial charge in [0.25, 0.3) is 10.1 Å². The van der Waals surface area contributed by atoms with E-state index < -0.39 is 33.8 Å². The molecule has 1 rings (SSSR count). The van der Waals surface area contributed by atoms with Crippen LogP contribution in [-0.4, -0.2) is 33.8 Å². The number of hydrogen-bond acceptors (Lipinski definition) is 5. The van der Waals surface area contributed by atoms with Crippen LogP contribution in [0.1, 0.15) is 17.3 Å². The third-order valence-electron chi connectivity index (χ3n) is 2.03. The van der Waals surface area contributed by atoms with Crippen molar-refractivity contribution in [2.24, 2.45) is 0 Å². The molecular formula is C11H11F3O5S. The number of rotatable bonds is 5. The van der Waals surface area contributed by atoms with Gasteiger partial charge in [-0.25, -0.2) is 4.79 Å². The molecule has 0 aromatic heterocycles. The zero-order valence-electron chi connectivity index (χ0n) is 10.3. The van der Waals surface area contributed by atoms with E-state index in [4.69, 9.17) is 0 Å². The van der Waals surface area contributed by atoms with Crippen LogP contribution in [0.5, 0.6) is 0 Å². The Morgan fingerprint density at radius 3 is 2.20 bits per heavy atom. The minimum atomic E-state index is -4.75. The first-order valence-corrected chi connectivity index (χ1v) is 6.80. The van der Waals surface area contributed by atoms with Crippen LogP contribution in [0.25, 0.3) is 0 Å². The third kappa shape index (κ3) is 4.82. The maximum atomic E-state index is 11.9. The molecule has 0 unspecified atom stereocenters. The van der Waals surface area contributed by atoms with Gasteiger partial charge in [-0.3, -0.25) is 4.18 Å². The topological polar surface area (TPSA) is 69.7 Å². The van der Waals surface area contributed by atoms with E-state index in [0.717, 1.165) is 24.3 Å². The van der Waals surface area contributed by atoms with Crippen LogP contribution in [0, 0.1) is 0 Å². The van der Waals surface area contributed by atoms with Crippen molar-refractivity contribution in [1.29, 1.82) is 0 Å². The highest BCUT2D eigenvalue weighted by molar-refractivity contribution is 7.86. The van der Waals surface area contributed by atoms with Crippen molar-refractivity contribution >= 4 is 16.1 Å². The normalized spacial score (nSPS) is 12.2. The lowest BCUT2D eigenvalue weighted by molar-refractivity contribution is -0.152. The standard InChI is InChI=1S/C11H11F3O5S/c1-2-18-10(15)8-3-5-9(6-4-8)20(16,17)19-7-11(12,13)14/h3-6H,2,7H2,1H3. The highest BCUT2D eigenvalue weighted by atomic mass is 32.2. The summed E-state index contributed by atoms with van der Waals surface area (Å²) in [5.41, 5.74) is 0.0848. The number of ether oxygens (including phenoxy) is 1. The van der Waals surface area contributed by atoms with Gasteiger partial charge in [-0.1, -0.05) is 0 Å².